The highest BCUT2D eigenvalue weighted by Crippen LogP contribution is 2.20. The summed E-state index contributed by atoms with van der Waals surface area (Å²) < 4.78 is 0. The second kappa shape index (κ2) is 5.09. The zero-order valence-electron chi connectivity index (χ0n) is 10.1. The molecule has 0 aliphatic heterocycles. The maximum absolute atomic E-state index is 4.40. The quantitative estimate of drug-likeness (QED) is 0.900. The number of nitrogens with one attached hydrogen (secondary N) is 1. The van der Waals surface area contributed by atoms with Crippen molar-refractivity contribution in [2.75, 3.05) is 24.3 Å². The van der Waals surface area contributed by atoms with Crippen molar-refractivity contribution < 1.29 is 0 Å². The molecule has 0 saturated carbocycles. The maximum Gasteiger partial charge on any atom is 0.226 e. The molecule has 0 aromatic carbocycles. The summed E-state index contributed by atoms with van der Waals surface area (Å²) in [5.41, 5.74) is 0. The van der Waals surface area contributed by atoms with Crippen LogP contribution in [0.2, 0.25) is 0 Å². The van der Waals surface area contributed by atoms with E-state index in [2.05, 4.69) is 27.2 Å². The summed E-state index contributed by atoms with van der Waals surface area (Å²) in [5, 5.41) is 6.33. The van der Waals surface area contributed by atoms with Gasteiger partial charge in [-0.25, -0.2) is 9.97 Å². The molecule has 2 rings (SSSR count). The van der Waals surface area contributed by atoms with Gasteiger partial charge in [-0.2, -0.15) is 4.98 Å². The third kappa shape index (κ3) is 2.91. The monoisotopic (exact) mass is 249 g/mol. The minimum atomic E-state index is 0.153. The summed E-state index contributed by atoms with van der Waals surface area (Å²) in [6.45, 7) is 2.07. The minimum absolute atomic E-state index is 0.153. The summed E-state index contributed by atoms with van der Waals surface area (Å²) in [7, 11) is 3.84. The maximum atomic E-state index is 4.40. The van der Waals surface area contributed by atoms with Crippen molar-refractivity contribution in [3.05, 3.63) is 28.8 Å². The Morgan fingerprint density at radius 2 is 2.12 bits per heavy atom. The standard InChI is InChI=1S/C11H15N5S/c1-8(10-12-6-7-17-10)14-9-4-5-13-11(15-9)16(2)3/h4-8H,1-3H3,(H,13,14,15). The van der Waals surface area contributed by atoms with Gasteiger partial charge in [0.1, 0.15) is 10.8 Å². The van der Waals surface area contributed by atoms with Gasteiger partial charge in [0, 0.05) is 31.9 Å². The molecule has 5 nitrogen and oxygen atoms in total. The number of anilines is 2. The van der Waals surface area contributed by atoms with Gasteiger partial charge >= 0.3 is 0 Å². The molecule has 0 amide bonds. The van der Waals surface area contributed by atoms with E-state index in [0.29, 0.717) is 5.95 Å². The Balaban J connectivity index is 2.11. The van der Waals surface area contributed by atoms with Crippen LogP contribution >= 0.6 is 11.3 Å². The van der Waals surface area contributed by atoms with Crippen molar-refractivity contribution in [1.82, 2.24) is 15.0 Å². The Hall–Kier alpha value is -1.69. The van der Waals surface area contributed by atoms with Crippen LogP contribution in [-0.4, -0.2) is 29.0 Å². The van der Waals surface area contributed by atoms with Crippen LogP contribution in [0.25, 0.3) is 0 Å². The fourth-order valence-corrected chi connectivity index (χ4v) is 2.02. The van der Waals surface area contributed by atoms with Crippen LogP contribution in [0.4, 0.5) is 11.8 Å². The Kier molecular flexibility index (Phi) is 3.53. The van der Waals surface area contributed by atoms with Crippen LogP contribution in [0.3, 0.4) is 0 Å². The van der Waals surface area contributed by atoms with E-state index < -0.39 is 0 Å². The topological polar surface area (TPSA) is 53.9 Å². The molecule has 1 N–H and O–H groups in total. The first-order valence-electron chi connectivity index (χ1n) is 5.33. The molecule has 6 heteroatoms. The SMILES string of the molecule is CC(Nc1ccnc(N(C)C)n1)c1nccs1. The largest absolute Gasteiger partial charge is 0.361 e. The first-order valence-corrected chi connectivity index (χ1v) is 6.21. The number of rotatable bonds is 4. The van der Waals surface area contributed by atoms with Crippen LogP contribution in [0.1, 0.15) is 18.0 Å². The van der Waals surface area contributed by atoms with E-state index in [9.17, 15) is 0 Å². The predicted molar refractivity (Wildman–Crippen MR) is 70.5 cm³/mol. The van der Waals surface area contributed by atoms with Crippen molar-refractivity contribution in [3.8, 4) is 0 Å². The fraction of sp³-hybridized carbons (Fsp3) is 0.364. The molecule has 17 heavy (non-hydrogen) atoms. The second-order valence-corrected chi connectivity index (χ2v) is 4.80. The van der Waals surface area contributed by atoms with E-state index in [-0.39, 0.29) is 6.04 Å². The summed E-state index contributed by atoms with van der Waals surface area (Å²) in [5.74, 6) is 1.51. The molecule has 2 aromatic rings. The van der Waals surface area contributed by atoms with Crippen molar-refractivity contribution >= 4 is 23.1 Å². The minimum Gasteiger partial charge on any atom is -0.361 e. The lowest BCUT2D eigenvalue weighted by molar-refractivity contribution is 0.855. The van der Waals surface area contributed by atoms with Crippen molar-refractivity contribution in [3.63, 3.8) is 0 Å². The zero-order chi connectivity index (χ0) is 12.3. The van der Waals surface area contributed by atoms with E-state index in [1.54, 1.807) is 17.5 Å². The van der Waals surface area contributed by atoms with Gasteiger partial charge < -0.3 is 10.2 Å². The first-order chi connectivity index (χ1) is 8.16. The van der Waals surface area contributed by atoms with Gasteiger partial charge in [0.05, 0.1) is 6.04 Å². The average molecular weight is 249 g/mol. The summed E-state index contributed by atoms with van der Waals surface area (Å²) >= 11 is 1.63. The third-order valence-electron chi connectivity index (χ3n) is 2.23. The molecule has 2 aromatic heterocycles. The number of hydrogen-bond acceptors (Lipinski definition) is 6. The summed E-state index contributed by atoms with van der Waals surface area (Å²) in [6.07, 6.45) is 3.56. The van der Waals surface area contributed by atoms with Gasteiger partial charge in [-0.3, -0.25) is 0 Å². The molecule has 0 spiro atoms. The second-order valence-electron chi connectivity index (χ2n) is 3.87. The number of hydrogen-bond donors (Lipinski definition) is 1. The number of thiazole rings is 1. The van der Waals surface area contributed by atoms with Gasteiger partial charge in [-0.05, 0) is 13.0 Å². The highest BCUT2D eigenvalue weighted by molar-refractivity contribution is 7.09. The van der Waals surface area contributed by atoms with Gasteiger partial charge in [-0.15, -0.1) is 11.3 Å². The van der Waals surface area contributed by atoms with Crippen molar-refractivity contribution in [1.29, 1.82) is 0 Å². The normalized spacial score (nSPS) is 12.2. The van der Waals surface area contributed by atoms with Crippen molar-refractivity contribution in [2.24, 2.45) is 0 Å². The molecule has 0 saturated heterocycles. The smallest absolute Gasteiger partial charge is 0.226 e. The lowest BCUT2D eigenvalue weighted by Gasteiger charge is -2.14. The lowest BCUT2D eigenvalue weighted by Crippen LogP contribution is -2.14. The summed E-state index contributed by atoms with van der Waals surface area (Å²) in [4.78, 5) is 14.7. The molecule has 0 aliphatic rings. The van der Waals surface area contributed by atoms with Crippen LogP contribution in [0.15, 0.2) is 23.8 Å². The van der Waals surface area contributed by atoms with E-state index in [1.807, 2.05) is 36.6 Å². The number of aromatic nitrogens is 3. The number of nitrogens with zero attached hydrogens (tertiary/aromatic N) is 4. The molecule has 0 aliphatic carbocycles. The molecule has 2 heterocycles. The van der Waals surface area contributed by atoms with E-state index >= 15 is 0 Å². The van der Waals surface area contributed by atoms with Gasteiger partial charge in [0.2, 0.25) is 5.95 Å². The molecule has 1 unspecified atom stereocenters. The highest BCUT2D eigenvalue weighted by atomic mass is 32.1. The lowest BCUT2D eigenvalue weighted by atomic mass is 10.3. The Labute approximate surface area is 105 Å². The molecular weight excluding hydrogens is 234 g/mol. The molecule has 90 valence electrons. The highest BCUT2D eigenvalue weighted by Gasteiger charge is 2.09. The Morgan fingerprint density at radius 3 is 2.76 bits per heavy atom. The Morgan fingerprint density at radius 1 is 1.29 bits per heavy atom. The van der Waals surface area contributed by atoms with E-state index in [4.69, 9.17) is 0 Å². The van der Waals surface area contributed by atoms with Crippen LogP contribution < -0.4 is 10.2 Å². The molecule has 0 radical (unpaired) electrons. The molecule has 1 atom stereocenters. The van der Waals surface area contributed by atoms with Crippen molar-refractivity contribution in [2.45, 2.75) is 13.0 Å². The molecule has 0 fully saturated rings. The molecular formula is C11H15N5S. The van der Waals surface area contributed by atoms with Gasteiger partial charge in [0.25, 0.3) is 0 Å². The van der Waals surface area contributed by atoms with E-state index in [0.717, 1.165) is 10.8 Å². The fourth-order valence-electron chi connectivity index (χ4n) is 1.38. The first kappa shape index (κ1) is 11.8. The van der Waals surface area contributed by atoms with Crippen LogP contribution in [0, 0.1) is 0 Å². The van der Waals surface area contributed by atoms with E-state index in [1.165, 1.54) is 0 Å². The third-order valence-corrected chi connectivity index (χ3v) is 3.19. The van der Waals surface area contributed by atoms with Crippen LogP contribution in [-0.2, 0) is 0 Å². The predicted octanol–water partition coefficient (Wildman–Crippen LogP) is 2.17. The Bertz CT molecular complexity index is 468. The summed E-state index contributed by atoms with van der Waals surface area (Å²) in [6, 6.07) is 2.01. The zero-order valence-corrected chi connectivity index (χ0v) is 10.9. The van der Waals surface area contributed by atoms with Gasteiger partial charge in [0.15, 0.2) is 0 Å². The average Bonchev–Trinajstić information content (AvgIpc) is 2.82. The van der Waals surface area contributed by atoms with Gasteiger partial charge in [-0.1, -0.05) is 0 Å². The molecule has 0 bridgehead atoms. The van der Waals surface area contributed by atoms with Crippen LogP contribution in [0.5, 0.6) is 0 Å².